The molecule has 0 amide bonds. The summed E-state index contributed by atoms with van der Waals surface area (Å²) in [6.45, 7) is 4.68. The number of sulfone groups is 1. The van der Waals surface area contributed by atoms with Crippen molar-refractivity contribution in [3.05, 3.63) is 18.1 Å². The van der Waals surface area contributed by atoms with Crippen LogP contribution in [0.4, 0.5) is 5.82 Å². The molecule has 0 aromatic carbocycles. The largest absolute Gasteiger partial charge is 0.354 e. The van der Waals surface area contributed by atoms with E-state index in [0.29, 0.717) is 13.1 Å². The van der Waals surface area contributed by atoms with Gasteiger partial charge < -0.3 is 4.90 Å². The zero-order valence-corrected chi connectivity index (χ0v) is 10.2. The summed E-state index contributed by atoms with van der Waals surface area (Å²) < 4.78 is 23.1. The summed E-state index contributed by atoms with van der Waals surface area (Å²) in [6.07, 6.45) is 1.51. The molecule has 1 aliphatic rings. The van der Waals surface area contributed by atoms with Crippen molar-refractivity contribution in [1.29, 1.82) is 0 Å². The van der Waals surface area contributed by atoms with Crippen molar-refractivity contribution in [2.45, 2.75) is 19.1 Å². The van der Waals surface area contributed by atoms with Crippen LogP contribution in [0.15, 0.2) is 12.4 Å². The van der Waals surface area contributed by atoms with Crippen LogP contribution in [0.1, 0.15) is 12.6 Å². The molecule has 1 aliphatic heterocycles. The lowest BCUT2D eigenvalue weighted by Crippen LogP contribution is -2.55. The first-order chi connectivity index (χ1) is 7.53. The quantitative estimate of drug-likeness (QED) is 0.767. The number of anilines is 1. The van der Waals surface area contributed by atoms with Gasteiger partial charge in [-0.25, -0.2) is 18.4 Å². The van der Waals surface area contributed by atoms with Crippen molar-refractivity contribution in [2.75, 3.05) is 23.7 Å². The van der Waals surface area contributed by atoms with Gasteiger partial charge in [-0.1, -0.05) is 6.92 Å². The van der Waals surface area contributed by atoms with Crippen molar-refractivity contribution < 1.29 is 8.42 Å². The van der Waals surface area contributed by atoms with Gasteiger partial charge in [-0.05, 0) is 6.92 Å². The Bertz CT molecular complexity index is 481. The number of aromatic nitrogens is 2. The second-order valence-electron chi connectivity index (χ2n) is 4.00. The highest BCUT2D eigenvalue weighted by Crippen LogP contribution is 2.22. The molecule has 1 aromatic rings. The molecule has 1 fully saturated rings. The number of nitrogens with zero attached hydrogens (tertiary/aromatic N) is 3. The van der Waals surface area contributed by atoms with E-state index in [4.69, 9.17) is 0 Å². The van der Waals surface area contributed by atoms with Gasteiger partial charge in [-0.3, -0.25) is 0 Å². The van der Waals surface area contributed by atoms with Gasteiger partial charge in [0.2, 0.25) is 0 Å². The average Bonchev–Trinajstić information content (AvgIpc) is 2.15. The van der Waals surface area contributed by atoms with Crippen molar-refractivity contribution in [3.8, 4) is 0 Å². The lowest BCUT2D eigenvalue weighted by molar-refractivity contribution is 0.540. The van der Waals surface area contributed by atoms with Crippen LogP contribution in [-0.4, -0.2) is 42.5 Å². The Balaban J connectivity index is 2.04. The van der Waals surface area contributed by atoms with Crippen LogP contribution in [0.2, 0.25) is 0 Å². The Morgan fingerprint density at radius 3 is 2.69 bits per heavy atom. The van der Waals surface area contributed by atoms with Crippen LogP contribution in [-0.2, 0) is 9.84 Å². The minimum Gasteiger partial charge on any atom is -0.354 e. The van der Waals surface area contributed by atoms with Gasteiger partial charge in [0.25, 0.3) is 0 Å². The summed E-state index contributed by atoms with van der Waals surface area (Å²) in [5, 5.41) is -0.229. The fourth-order valence-electron chi connectivity index (χ4n) is 1.70. The summed E-state index contributed by atoms with van der Waals surface area (Å²) in [4.78, 5) is 10.1. The summed E-state index contributed by atoms with van der Waals surface area (Å²) in [5.74, 6) is 1.03. The minimum atomic E-state index is -2.90. The monoisotopic (exact) mass is 241 g/mol. The molecule has 1 saturated heterocycles. The van der Waals surface area contributed by atoms with Gasteiger partial charge >= 0.3 is 0 Å². The second-order valence-corrected chi connectivity index (χ2v) is 6.57. The molecule has 2 heterocycles. The maximum Gasteiger partial charge on any atom is 0.156 e. The van der Waals surface area contributed by atoms with E-state index < -0.39 is 9.84 Å². The molecule has 0 radical (unpaired) electrons. The molecule has 0 N–H and O–H groups in total. The predicted molar refractivity (Wildman–Crippen MR) is 62.2 cm³/mol. The van der Waals surface area contributed by atoms with Crippen molar-refractivity contribution in [2.24, 2.45) is 0 Å². The van der Waals surface area contributed by atoms with Crippen molar-refractivity contribution in [3.63, 3.8) is 0 Å². The van der Waals surface area contributed by atoms with E-state index in [0.717, 1.165) is 11.5 Å². The van der Waals surface area contributed by atoms with Gasteiger partial charge in [0.05, 0.1) is 5.25 Å². The molecule has 5 nitrogen and oxygen atoms in total. The molecule has 0 saturated carbocycles. The average molecular weight is 241 g/mol. The first kappa shape index (κ1) is 11.3. The van der Waals surface area contributed by atoms with E-state index in [-0.39, 0.29) is 11.0 Å². The second kappa shape index (κ2) is 4.01. The fourth-order valence-corrected chi connectivity index (χ4v) is 2.99. The van der Waals surface area contributed by atoms with E-state index in [9.17, 15) is 8.42 Å². The van der Waals surface area contributed by atoms with E-state index in [1.54, 1.807) is 6.92 Å². The van der Waals surface area contributed by atoms with Crippen molar-refractivity contribution in [1.82, 2.24) is 9.97 Å². The number of aryl methyl sites for hydroxylation is 1. The zero-order chi connectivity index (χ0) is 11.8. The Labute approximate surface area is 95.4 Å². The molecule has 16 heavy (non-hydrogen) atoms. The molecule has 0 spiro atoms. The Morgan fingerprint density at radius 2 is 2.12 bits per heavy atom. The van der Waals surface area contributed by atoms with Crippen LogP contribution in [0.3, 0.4) is 0 Å². The van der Waals surface area contributed by atoms with E-state index in [1.807, 2.05) is 17.9 Å². The highest BCUT2D eigenvalue weighted by molar-refractivity contribution is 7.92. The molecular weight excluding hydrogens is 226 g/mol. The summed E-state index contributed by atoms with van der Waals surface area (Å²) in [7, 11) is -2.90. The maximum atomic E-state index is 11.6. The Hall–Kier alpha value is -1.17. The van der Waals surface area contributed by atoms with Crippen LogP contribution >= 0.6 is 0 Å². The SMILES string of the molecule is CCS(=O)(=O)C1CN(c2cc(C)ncn2)C1. The standard InChI is InChI=1S/C10H15N3O2S/c1-3-16(14,15)9-5-13(6-9)10-4-8(2)11-7-12-10/h4,7,9H,3,5-6H2,1-2H3. The highest BCUT2D eigenvalue weighted by Gasteiger charge is 2.36. The smallest absolute Gasteiger partial charge is 0.156 e. The zero-order valence-electron chi connectivity index (χ0n) is 9.42. The maximum absolute atomic E-state index is 11.6. The van der Waals surface area contributed by atoms with Gasteiger partial charge in [0, 0.05) is 30.6 Å². The molecule has 88 valence electrons. The van der Waals surface area contributed by atoms with Crippen molar-refractivity contribution >= 4 is 15.7 Å². The molecular formula is C10H15N3O2S. The fraction of sp³-hybridized carbons (Fsp3) is 0.600. The van der Waals surface area contributed by atoms with Gasteiger partial charge in [0.15, 0.2) is 9.84 Å². The van der Waals surface area contributed by atoms with Crippen LogP contribution in [0.5, 0.6) is 0 Å². The Morgan fingerprint density at radius 1 is 1.44 bits per heavy atom. The van der Waals surface area contributed by atoms with Gasteiger partial charge in [0.1, 0.15) is 12.1 Å². The third kappa shape index (κ3) is 2.02. The lowest BCUT2D eigenvalue weighted by Gasteiger charge is -2.39. The summed E-state index contributed by atoms with van der Waals surface area (Å²) >= 11 is 0. The summed E-state index contributed by atoms with van der Waals surface area (Å²) in [5.41, 5.74) is 0.895. The number of rotatable bonds is 3. The van der Waals surface area contributed by atoms with Crippen LogP contribution in [0, 0.1) is 6.92 Å². The summed E-state index contributed by atoms with van der Waals surface area (Å²) in [6, 6.07) is 1.87. The van der Waals surface area contributed by atoms with E-state index >= 15 is 0 Å². The molecule has 0 unspecified atom stereocenters. The molecule has 0 aliphatic carbocycles. The molecule has 2 rings (SSSR count). The number of hydrogen-bond donors (Lipinski definition) is 0. The lowest BCUT2D eigenvalue weighted by atomic mass is 10.2. The van der Waals surface area contributed by atoms with Crippen LogP contribution < -0.4 is 4.90 Å². The molecule has 1 aromatic heterocycles. The highest BCUT2D eigenvalue weighted by atomic mass is 32.2. The van der Waals surface area contributed by atoms with Gasteiger partial charge in [-0.15, -0.1) is 0 Å². The first-order valence-corrected chi connectivity index (χ1v) is 6.99. The minimum absolute atomic E-state index is 0.217. The first-order valence-electron chi connectivity index (χ1n) is 5.28. The number of hydrogen-bond acceptors (Lipinski definition) is 5. The molecule has 6 heteroatoms. The van der Waals surface area contributed by atoms with E-state index in [2.05, 4.69) is 9.97 Å². The third-order valence-corrected chi connectivity index (χ3v) is 4.99. The topological polar surface area (TPSA) is 63.2 Å². The van der Waals surface area contributed by atoms with Gasteiger partial charge in [-0.2, -0.15) is 0 Å². The molecule has 0 bridgehead atoms. The Kier molecular flexibility index (Phi) is 2.84. The van der Waals surface area contributed by atoms with Crippen LogP contribution in [0.25, 0.3) is 0 Å². The molecule has 0 atom stereocenters. The third-order valence-electron chi connectivity index (χ3n) is 2.87. The predicted octanol–water partition coefficient (Wildman–Crippen LogP) is 0.408. The van der Waals surface area contributed by atoms with E-state index in [1.165, 1.54) is 6.33 Å². The normalized spacial score (nSPS) is 17.2.